The van der Waals surface area contributed by atoms with Gasteiger partial charge in [0.05, 0.1) is 0 Å². The van der Waals surface area contributed by atoms with Gasteiger partial charge < -0.3 is 0 Å². The average molecular weight is 385 g/mol. The Kier molecular flexibility index (Phi) is 22.8. The first-order chi connectivity index (χ1) is 13.3. The average Bonchev–Trinajstić information content (AvgIpc) is 2.67. The van der Waals surface area contributed by atoms with Crippen LogP contribution < -0.4 is 21.9 Å². The number of unbranched alkanes of at least 4 members (excludes halogenated alkanes) is 11. The molecule has 0 aromatic heterocycles. The number of carbonyl (C=O) groups excluding carboxylic acids is 1. The van der Waals surface area contributed by atoms with Gasteiger partial charge in [-0.2, -0.15) is 11.1 Å². The van der Waals surface area contributed by atoms with E-state index in [4.69, 9.17) is 0 Å². The fourth-order valence-electron chi connectivity index (χ4n) is 3.21. The second-order valence-electron chi connectivity index (χ2n) is 7.78. The molecule has 27 heavy (non-hydrogen) atoms. The van der Waals surface area contributed by atoms with Gasteiger partial charge in [-0.05, 0) is 12.8 Å². The summed E-state index contributed by atoms with van der Waals surface area (Å²) in [4.78, 5) is 11.1. The van der Waals surface area contributed by atoms with Gasteiger partial charge >= 0.3 is 0 Å². The molecule has 1 aliphatic heterocycles. The van der Waals surface area contributed by atoms with Gasteiger partial charge in [-0.15, -0.1) is 0 Å². The SMILES string of the molecule is CCCCCCCCCCCCCC.O=C1CCCCCCCNNNN1. The van der Waals surface area contributed by atoms with E-state index < -0.39 is 0 Å². The smallest absolute Gasteiger partial charge is 0.235 e. The largest absolute Gasteiger partial charge is 0.277 e. The molecular weight excluding hydrogens is 336 g/mol. The molecule has 1 amide bonds. The molecule has 0 aliphatic carbocycles. The molecule has 0 aromatic rings. The number of nitrogens with one attached hydrogen (secondary N) is 4. The number of rotatable bonds is 11. The highest BCUT2D eigenvalue weighted by molar-refractivity contribution is 5.75. The number of hydrazine groups is 3. The summed E-state index contributed by atoms with van der Waals surface area (Å²) in [6, 6.07) is 0. The number of hydrogen-bond donors (Lipinski definition) is 4. The van der Waals surface area contributed by atoms with Crippen LogP contribution in [-0.2, 0) is 4.79 Å². The molecule has 0 saturated carbocycles. The summed E-state index contributed by atoms with van der Waals surface area (Å²) in [5.41, 5.74) is 10.8. The predicted octanol–water partition coefficient (Wildman–Crippen LogP) is 5.68. The van der Waals surface area contributed by atoms with Crippen LogP contribution in [0.5, 0.6) is 0 Å². The van der Waals surface area contributed by atoms with E-state index in [1.165, 1.54) is 96.3 Å². The molecule has 1 rings (SSSR count). The molecule has 5 heteroatoms. The van der Waals surface area contributed by atoms with Gasteiger partial charge in [0.25, 0.3) is 0 Å². The summed E-state index contributed by atoms with van der Waals surface area (Å²) in [6.45, 7) is 5.49. The van der Waals surface area contributed by atoms with E-state index in [2.05, 4.69) is 35.8 Å². The molecule has 1 fully saturated rings. The maximum absolute atomic E-state index is 11.1. The van der Waals surface area contributed by atoms with Gasteiger partial charge in [-0.3, -0.25) is 10.2 Å². The van der Waals surface area contributed by atoms with Gasteiger partial charge in [0.1, 0.15) is 0 Å². The van der Waals surface area contributed by atoms with Crippen LogP contribution in [0, 0.1) is 0 Å². The second kappa shape index (κ2) is 23.4. The van der Waals surface area contributed by atoms with Crippen LogP contribution in [0.4, 0.5) is 0 Å². The van der Waals surface area contributed by atoms with Crippen LogP contribution in [-0.4, -0.2) is 12.5 Å². The standard InChI is InChI=1S/C14H30.C8H18N4O/c1-3-5-7-9-11-13-14-12-10-8-6-4-2;13-8-6-4-2-1-3-5-7-9-11-12-10-8/h3-14H2,1-2H3;9,11-12H,1-7H2,(H,10,13). The number of amides is 1. The van der Waals surface area contributed by atoms with Crippen LogP contribution in [0.25, 0.3) is 0 Å². The highest BCUT2D eigenvalue weighted by Crippen LogP contribution is 2.11. The van der Waals surface area contributed by atoms with E-state index in [0.29, 0.717) is 6.42 Å². The fraction of sp³-hybridized carbons (Fsp3) is 0.955. The van der Waals surface area contributed by atoms with Crippen LogP contribution >= 0.6 is 0 Å². The minimum atomic E-state index is 0.0369. The lowest BCUT2D eigenvalue weighted by atomic mass is 10.1. The molecular formula is C22H48N4O. The first kappa shape index (κ1) is 26.4. The van der Waals surface area contributed by atoms with Gasteiger partial charge in [-0.25, -0.2) is 5.43 Å². The van der Waals surface area contributed by atoms with Gasteiger partial charge in [0.15, 0.2) is 0 Å². The number of hydrogen-bond acceptors (Lipinski definition) is 4. The zero-order valence-electron chi connectivity index (χ0n) is 18.3. The molecule has 1 saturated heterocycles. The van der Waals surface area contributed by atoms with Gasteiger partial charge in [0, 0.05) is 13.0 Å². The third-order valence-corrected chi connectivity index (χ3v) is 5.02. The van der Waals surface area contributed by atoms with Crippen LogP contribution in [0.1, 0.15) is 129 Å². The van der Waals surface area contributed by atoms with Crippen molar-refractivity contribution in [2.45, 2.75) is 129 Å². The Hall–Kier alpha value is -0.650. The Bertz CT molecular complexity index is 274. The monoisotopic (exact) mass is 384 g/mol. The minimum Gasteiger partial charge on any atom is -0.277 e. The quantitative estimate of drug-likeness (QED) is 0.346. The maximum atomic E-state index is 11.1. The predicted molar refractivity (Wildman–Crippen MR) is 117 cm³/mol. The van der Waals surface area contributed by atoms with Crippen molar-refractivity contribution in [2.75, 3.05) is 6.54 Å². The molecule has 0 atom stereocenters. The summed E-state index contributed by atoms with van der Waals surface area (Å²) < 4.78 is 0. The van der Waals surface area contributed by atoms with Crippen LogP contribution in [0.2, 0.25) is 0 Å². The Labute approximate surface area is 169 Å². The zero-order valence-corrected chi connectivity index (χ0v) is 18.3. The van der Waals surface area contributed by atoms with Crippen molar-refractivity contribution in [1.29, 1.82) is 0 Å². The van der Waals surface area contributed by atoms with Crippen LogP contribution in [0.15, 0.2) is 0 Å². The highest BCUT2D eigenvalue weighted by atomic mass is 16.2. The van der Waals surface area contributed by atoms with Gasteiger partial charge in [0.2, 0.25) is 5.91 Å². The molecule has 162 valence electrons. The van der Waals surface area contributed by atoms with Crippen molar-refractivity contribution in [3.63, 3.8) is 0 Å². The summed E-state index contributed by atoms with van der Waals surface area (Å²) in [7, 11) is 0. The van der Waals surface area contributed by atoms with E-state index in [1.54, 1.807) is 0 Å². The summed E-state index contributed by atoms with van der Waals surface area (Å²) in [6.07, 6.45) is 23.8. The van der Waals surface area contributed by atoms with E-state index in [1.807, 2.05) is 0 Å². The minimum absolute atomic E-state index is 0.0369. The van der Waals surface area contributed by atoms with E-state index in [-0.39, 0.29) is 5.91 Å². The van der Waals surface area contributed by atoms with Crippen molar-refractivity contribution in [1.82, 2.24) is 21.9 Å². The van der Waals surface area contributed by atoms with Gasteiger partial charge in [-0.1, -0.05) is 110 Å². The van der Waals surface area contributed by atoms with Crippen molar-refractivity contribution >= 4 is 5.91 Å². The molecule has 1 heterocycles. The summed E-state index contributed by atoms with van der Waals surface area (Å²) >= 11 is 0. The third kappa shape index (κ3) is 23.3. The van der Waals surface area contributed by atoms with E-state index in [9.17, 15) is 4.79 Å². The first-order valence-electron chi connectivity index (χ1n) is 11.8. The van der Waals surface area contributed by atoms with Crippen molar-refractivity contribution in [3.05, 3.63) is 0 Å². The van der Waals surface area contributed by atoms with Crippen molar-refractivity contribution < 1.29 is 4.79 Å². The third-order valence-electron chi connectivity index (χ3n) is 5.02. The fourth-order valence-corrected chi connectivity index (χ4v) is 3.21. The Morgan fingerprint density at radius 3 is 1.67 bits per heavy atom. The number of carbonyl (C=O) groups is 1. The molecule has 1 aliphatic rings. The second-order valence-corrected chi connectivity index (χ2v) is 7.78. The Morgan fingerprint density at radius 2 is 1.11 bits per heavy atom. The van der Waals surface area contributed by atoms with E-state index in [0.717, 1.165) is 19.4 Å². The Balaban J connectivity index is 0.000000501. The lowest BCUT2D eigenvalue weighted by molar-refractivity contribution is -0.122. The molecule has 4 N–H and O–H groups in total. The zero-order chi connectivity index (χ0) is 19.8. The molecule has 5 nitrogen and oxygen atoms in total. The molecule has 0 bridgehead atoms. The molecule has 0 aromatic carbocycles. The highest BCUT2D eigenvalue weighted by Gasteiger charge is 2.00. The van der Waals surface area contributed by atoms with Crippen molar-refractivity contribution in [3.8, 4) is 0 Å². The van der Waals surface area contributed by atoms with Crippen LogP contribution in [0.3, 0.4) is 0 Å². The van der Waals surface area contributed by atoms with Crippen molar-refractivity contribution in [2.24, 2.45) is 0 Å². The first-order valence-corrected chi connectivity index (χ1v) is 11.8. The summed E-state index contributed by atoms with van der Waals surface area (Å²) in [5, 5.41) is 0. The maximum Gasteiger partial charge on any atom is 0.235 e. The Morgan fingerprint density at radius 1 is 0.630 bits per heavy atom. The van der Waals surface area contributed by atoms with E-state index >= 15 is 0 Å². The molecule has 0 spiro atoms. The lowest BCUT2D eigenvalue weighted by Gasteiger charge is -2.11. The molecule has 0 radical (unpaired) electrons. The normalized spacial score (nSPS) is 16.4. The lowest BCUT2D eigenvalue weighted by Crippen LogP contribution is -2.52. The topological polar surface area (TPSA) is 65.2 Å². The summed E-state index contributed by atoms with van der Waals surface area (Å²) in [5.74, 6) is 0.0369. The molecule has 0 unspecified atom stereocenters.